The van der Waals surface area contributed by atoms with Crippen molar-refractivity contribution in [3.8, 4) is 11.3 Å². The molecule has 148 valence electrons. The lowest BCUT2D eigenvalue weighted by atomic mass is 10.2. The number of hydrogen-bond donors (Lipinski definition) is 0. The van der Waals surface area contributed by atoms with Crippen LogP contribution >= 0.6 is 22.9 Å². The molecule has 4 aromatic rings. The maximum atomic E-state index is 12.7. The monoisotopic (exact) mass is 425 g/mol. The average molecular weight is 426 g/mol. The summed E-state index contributed by atoms with van der Waals surface area (Å²) in [6.45, 7) is 2.00. The Morgan fingerprint density at radius 3 is 2.76 bits per heavy atom. The Bertz CT molecular complexity index is 1120. The lowest BCUT2D eigenvalue weighted by molar-refractivity contribution is -0.131. The van der Waals surface area contributed by atoms with Gasteiger partial charge in [-0.2, -0.15) is 0 Å². The van der Waals surface area contributed by atoms with Gasteiger partial charge in [0.1, 0.15) is 5.01 Å². The third kappa shape index (κ3) is 4.18. The van der Waals surface area contributed by atoms with Gasteiger partial charge < -0.3 is 9.32 Å². The van der Waals surface area contributed by atoms with E-state index in [4.69, 9.17) is 16.0 Å². The Hall–Kier alpha value is -2.70. The summed E-state index contributed by atoms with van der Waals surface area (Å²) >= 11 is 7.83. The summed E-state index contributed by atoms with van der Waals surface area (Å²) in [5.41, 5.74) is 1.76. The third-order valence-electron chi connectivity index (χ3n) is 4.89. The van der Waals surface area contributed by atoms with Crippen molar-refractivity contribution >= 4 is 39.1 Å². The van der Waals surface area contributed by atoms with Gasteiger partial charge in [-0.3, -0.25) is 4.79 Å². The lowest BCUT2D eigenvalue weighted by Crippen LogP contribution is -2.29. The van der Waals surface area contributed by atoms with Crippen molar-refractivity contribution in [2.45, 2.75) is 25.8 Å². The van der Waals surface area contributed by atoms with Gasteiger partial charge in [-0.25, -0.2) is 9.97 Å². The largest absolute Gasteiger partial charge is 0.441 e. The molecular formula is C22H20ClN3O2S. The minimum atomic E-state index is -0.0943. The van der Waals surface area contributed by atoms with Crippen molar-refractivity contribution in [3.05, 3.63) is 70.6 Å². The van der Waals surface area contributed by atoms with Crippen molar-refractivity contribution in [1.29, 1.82) is 0 Å². The van der Waals surface area contributed by atoms with Crippen molar-refractivity contribution < 1.29 is 9.21 Å². The van der Waals surface area contributed by atoms with Crippen LogP contribution in [0.25, 0.3) is 21.5 Å². The fraction of sp³-hybridized carbons (Fsp3) is 0.227. The summed E-state index contributed by atoms with van der Waals surface area (Å²) in [7, 11) is 1.81. The van der Waals surface area contributed by atoms with E-state index in [0.29, 0.717) is 29.5 Å². The van der Waals surface area contributed by atoms with Crippen LogP contribution in [0.3, 0.4) is 0 Å². The molecule has 4 rings (SSSR count). The summed E-state index contributed by atoms with van der Waals surface area (Å²) in [6.07, 6.45) is 2.39. The Balaban J connectivity index is 1.40. The Kier molecular flexibility index (Phi) is 5.65. The highest BCUT2D eigenvalue weighted by atomic mass is 35.5. The predicted octanol–water partition coefficient (Wildman–Crippen LogP) is 5.76. The fourth-order valence-corrected chi connectivity index (χ4v) is 4.34. The number of oxazole rings is 1. The predicted molar refractivity (Wildman–Crippen MR) is 116 cm³/mol. The first kappa shape index (κ1) is 19.6. The average Bonchev–Trinajstić information content (AvgIpc) is 3.38. The number of rotatable bonds is 6. The number of carbonyl (C=O) groups is 1. The smallest absolute Gasteiger partial charge is 0.223 e. The molecule has 0 bridgehead atoms. The molecule has 0 saturated carbocycles. The van der Waals surface area contributed by atoms with Crippen LogP contribution in [0.15, 0.2) is 59.1 Å². The van der Waals surface area contributed by atoms with Gasteiger partial charge >= 0.3 is 0 Å². The van der Waals surface area contributed by atoms with Crippen LogP contribution in [0.5, 0.6) is 0 Å². The topological polar surface area (TPSA) is 59.2 Å². The first-order chi connectivity index (χ1) is 14.0. The van der Waals surface area contributed by atoms with Gasteiger partial charge in [0.25, 0.3) is 0 Å². The van der Waals surface area contributed by atoms with Gasteiger partial charge in [0.2, 0.25) is 5.91 Å². The second-order valence-electron chi connectivity index (χ2n) is 6.80. The van der Waals surface area contributed by atoms with E-state index in [0.717, 1.165) is 20.8 Å². The van der Waals surface area contributed by atoms with Crippen LogP contribution in [0.1, 0.15) is 30.3 Å². The standard InChI is InChI=1S/C22H20ClN3O2S/c1-14(22-25-17-9-5-6-10-19(17)29-22)26(2)21(27)12-11-20-24-13-18(28-20)15-7-3-4-8-16(15)23/h3-10,13-14H,11-12H2,1-2H3. The maximum Gasteiger partial charge on any atom is 0.223 e. The third-order valence-corrected chi connectivity index (χ3v) is 6.42. The van der Waals surface area contributed by atoms with E-state index < -0.39 is 0 Å². The molecule has 0 fully saturated rings. The molecule has 1 atom stereocenters. The van der Waals surface area contributed by atoms with E-state index >= 15 is 0 Å². The number of aryl methyl sites for hydroxylation is 1. The highest BCUT2D eigenvalue weighted by molar-refractivity contribution is 7.18. The molecule has 2 heterocycles. The lowest BCUT2D eigenvalue weighted by Gasteiger charge is -2.23. The number of halogens is 1. The number of thiazole rings is 1. The minimum absolute atomic E-state index is 0.0225. The molecule has 0 aliphatic carbocycles. The van der Waals surface area contributed by atoms with Crippen molar-refractivity contribution in [2.75, 3.05) is 7.05 Å². The number of para-hydroxylation sites is 1. The zero-order valence-electron chi connectivity index (χ0n) is 16.1. The summed E-state index contributed by atoms with van der Waals surface area (Å²) in [6, 6.07) is 15.4. The van der Waals surface area contributed by atoms with E-state index in [1.807, 2.05) is 56.4 Å². The number of fused-ring (bicyclic) bond motifs is 1. The zero-order chi connectivity index (χ0) is 20.4. The number of carbonyl (C=O) groups excluding carboxylic acids is 1. The van der Waals surface area contributed by atoms with E-state index in [2.05, 4.69) is 9.97 Å². The molecule has 2 aromatic carbocycles. The molecule has 7 heteroatoms. The molecule has 0 aliphatic rings. The normalized spacial score (nSPS) is 12.2. The molecule has 1 unspecified atom stereocenters. The quantitative estimate of drug-likeness (QED) is 0.394. The number of amides is 1. The van der Waals surface area contributed by atoms with Crippen molar-refractivity contribution in [3.63, 3.8) is 0 Å². The first-order valence-corrected chi connectivity index (χ1v) is 10.5. The summed E-state index contributed by atoms with van der Waals surface area (Å²) in [5.74, 6) is 1.15. The van der Waals surface area contributed by atoms with Crippen molar-refractivity contribution in [1.82, 2.24) is 14.9 Å². The molecule has 0 aliphatic heterocycles. The highest BCUT2D eigenvalue weighted by Crippen LogP contribution is 2.30. The van der Waals surface area contributed by atoms with E-state index in [1.165, 1.54) is 0 Å². The molecule has 2 aromatic heterocycles. The highest BCUT2D eigenvalue weighted by Gasteiger charge is 2.21. The molecule has 0 saturated heterocycles. The molecule has 1 amide bonds. The number of aromatic nitrogens is 2. The van der Waals surface area contributed by atoms with E-state index in [9.17, 15) is 4.79 Å². The Morgan fingerprint density at radius 2 is 1.97 bits per heavy atom. The molecule has 29 heavy (non-hydrogen) atoms. The molecular weight excluding hydrogens is 406 g/mol. The fourth-order valence-electron chi connectivity index (χ4n) is 3.05. The van der Waals surface area contributed by atoms with Gasteiger partial charge in [-0.1, -0.05) is 35.9 Å². The SMILES string of the molecule is CC(c1nc2ccccc2s1)N(C)C(=O)CCc1ncc(-c2ccccc2Cl)o1. The van der Waals surface area contributed by atoms with Gasteiger partial charge in [0.05, 0.1) is 27.5 Å². The molecule has 0 radical (unpaired) electrons. The van der Waals surface area contributed by atoms with Gasteiger partial charge in [-0.05, 0) is 31.2 Å². The number of hydrogen-bond acceptors (Lipinski definition) is 5. The number of benzene rings is 2. The van der Waals surface area contributed by atoms with Crippen LogP contribution in [-0.2, 0) is 11.2 Å². The second kappa shape index (κ2) is 8.35. The van der Waals surface area contributed by atoms with Gasteiger partial charge in [0, 0.05) is 25.5 Å². The van der Waals surface area contributed by atoms with E-state index in [-0.39, 0.29) is 11.9 Å². The van der Waals surface area contributed by atoms with Crippen LogP contribution in [0, 0.1) is 0 Å². The first-order valence-electron chi connectivity index (χ1n) is 9.33. The molecule has 0 N–H and O–H groups in total. The Morgan fingerprint density at radius 1 is 1.21 bits per heavy atom. The van der Waals surface area contributed by atoms with Crippen LogP contribution < -0.4 is 0 Å². The van der Waals surface area contributed by atoms with Crippen LogP contribution in [0.4, 0.5) is 0 Å². The Labute approximate surface area is 178 Å². The number of nitrogens with zero attached hydrogens (tertiary/aromatic N) is 3. The van der Waals surface area contributed by atoms with E-state index in [1.54, 1.807) is 28.5 Å². The summed E-state index contributed by atoms with van der Waals surface area (Å²) in [5, 5.41) is 1.54. The van der Waals surface area contributed by atoms with Gasteiger partial charge in [-0.15, -0.1) is 11.3 Å². The zero-order valence-corrected chi connectivity index (χ0v) is 17.7. The second-order valence-corrected chi connectivity index (χ2v) is 8.27. The van der Waals surface area contributed by atoms with Gasteiger partial charge in [0.15, 0.2) is 11.7 Å². The summed E-state index contributed by atoms with van der Waals surface area (Å²) < 4.78 is 6.92. The van der Waals surface area contributed by atoms with Crippen molar-refractivity contribution in [2.24, 2.45) is 0 Å². The van der Waals surface area contributed by atoms with Crippen LogP contribution in [-0.4, -0.2) is 27.8 Å². The minimum Gasteiger partial charge on any atom is -0.441 e. The molecule has 5 nitrogen and oxygen atoms in total. The summed E-state index contributed by atoms with van der Waals surface area (Å²) in [4.78, 5) is 23.4. The maximum absolute atomic E-state index is 12.7. The van der Waals surface area contributed by atoms with Crippen LogP contribution in [0.2, 0.25) is 5.02 Å². The molecule has 0 spiro atoms.